The van der Waals surface area contributed by atoms with Crippen LogP contribution in [0.5, 0.6) is 0 Å². The highest BCUT2D eigenvalue weighted by molar-refractivity contribution is 6.09. The first kappa shape index (κ1) is 16.2. The van der Waals surface area contributed by atoms with Crippen LogP contribution in [-0.4, -0.2) is 54.1 Å². The molecule has 0 bridgehead atoms. The molecule has 23 heavy (non-hydrogen) atoms. The Morgan fingerprint density at radius 2 is 2.17 bits per heavy atom. The van der Waals surface area contributed by atoms with Crippen LogP contribution >= 0.6 is 0 Å². The summed E-state index contributed by atoms with van der Waals surface area (Å²) in [6.45, 7) is 2.95. The minimum absolute atomic E-state index is 0.0479. The molecule has 0 radical (unpaired) electrons. The van der Waals surface area contributed by atoms with Crippen molar-refractivity contribution in [3.63, 3.8) is 0 Å². The summed E-state index contributed by atoms with van der Waals surface area (Å²) in [6, 6.07) is -0.448. The number of hydrogen-bond acceptors (Lipinski definition) is 4. The maximum Gasteiger partial charge on any atom is 0.325 e. The molecule has 0 unspecified atom stereocenters. The second-order valence-electron chi connectivity index (χ2n) is 6.88. The van der Waals surface area contributed by atoms with E-state index >= 15 is 0 Å². The Balaban J connectivity index is 1.58. The van der Waals surface area contributed by atoms with Gasteiger partial charge >= 0.3 is 6.03 Å². The van der Waals surface area contributed by atoms with Crippen LogP contribution in [-0.2, 0) is 14.3 Å². The maximum atomic E-state index is 12.7. The van der Waals surface area contributed by atoms with Gasteiger partial charge in [0.15, 0.2) is 0 Å². The Bertz CT molecular complexity index is 504. The van der Waals surface area contributed by atoms with E-state index in [-0.39, 0.29) is 30.4 Å². The number of ether oxygens (including phenoxy) is 1. The van der Waals surface area contributed by atoms with Crippen molar-refractivity contribution in [2.45, 2.75) is 57.1 Å². The standard InChI is InChI=1S/C16H25N3O4/c1-11-5-2-3-7-16(11)14(21)19(15(22)18-16)10-13(20)17-9-12-6-4-8-23-12/h11-12H,2-10H2,1H3,(H,17,20)(H,18,22)/t11-,12+,16-/m1/s1. The summed E-state index contributed by atoms with van der Waals surface area (Å²) in [6.07, 6.45) is 5.57. The molecule has 3 aliphatic rings. The number of rotatable bonds is 4. The predicted octanol–water partition coefficient (Wildman–Crippen LogP) is 0.782. The van der Waals surface area contributed by atoms with Gasteiger partial charge in [-0.05, 0) is 31.6 Å². The number of imide groups is 1. The Hall–Kier alpha value is -1.63. The molecule has 2 heterocycles. The lowest BCUT2D eigenvalue weighted by atomic mass is 9.73. The maximum absolute atomic E-state index is 12.7. The van der Waals surface area contributed by atoms with Crippen LogP contribution in [0.4, 0.5) is 4.79 Å². The zero-order valence-electron chi connectivity index (χ0n) is 13.6. The first-order chi connectivity index (χ1) is 11.0. The zero-order chi connectivity index (χ0) is 16.4. The minimum Gasteiger partial charge on any atom is -0.376 e. The third kappa shape index (κ3) is 3.06. The van der Waals surface area contributed by atoms with Gasteiger partial charge in [0.1, 0.15) is 12.1 Å². The molecule has 1 spiro atoms. The minimum atomic E-state index is -0.801. The molecule has 0 aromatic heterocycles. The fraction of sp³-hybridized carbons (Fsp3) is 0.812. The van der Waals surface area contributed by atoms with Crippen LogP contribution in [0.1, 0.15) is 45.4 Å². The van der Waals surface area contributed by atoms with Gasteiger partial charge in [0.2, 0.25) is 5.91 Å². The van der Waals surface area contributed by atoms with Gasteiger partial charge in [-0.3, -0.25) is 14.5 Å². The monoisotopic (exact) mass is 323 g/mol. The fourth-order valence-corrected chi connectivity index (χ4v) is 3.87. The van der Waals surface area contributed by atoms with Crippen LogP contribution in [0.2, 0.25) is 0 Å². The molecule has 3 atom stereocenters. The number of nitrogens with one attached hydrogen (secondary N) is 2. The largest absolute Gasteiger partial charge is 0.376 e. The number of nitrogens with zero attached hydrogens (tertiary/aromatic N) is 1. The number of carbonyl (C=O) groups excluding carboxylic acids is 3. The van der Waals surface area contributed by atoms with Crippen molar-refractivity contribution in [1.82, 2.24) is 15.5 Å². The van der Waals surface area contributed by atoms with Crippen LogP contribution < -0.4 is 10.6 Å². The lowest BCUT2D eigenvalue weighted by Crippen LogP contribution is -2.54. The van der Waals surface area contributed by atoms with E-state index in [4.69, 9.17) is 4.74 Å². The Kier molecular flexibility index (Phi) is 4.57. The van der Waals surface area contributed by atoms with E-state index in [0.717, 1.165) is 43.6 Å². The van der Waals surface area contributed by atoms with Gasteiger partial charge in [-0.25, -0.2) is 4.79 Å². The van der Waals surface area contributed by atoms with Gasteiger partial charge in [0.05, 0.1) is 6.10 Å². The molecule has 7 heteroatoms. The van der Waals surface area contributed by atoms with Gasteiger partial charge < -0.3 is 15.4 Å². The van der Waals surface area contributed by atoms with E-state index in [2.05, 4.69) is 10.6 Å². The molecule has 1 aliphatic carbocycles. The Labute approximate surface area is 136 Å². The molecular formula is C16H25N3O4. The van der Waals surface area contributed by atoms with Gasteiger partial charge in [-0.15, -0.1) is 0 Å². The molecule has 0 aromatic carbocycles. The molecule has 128 valence electrons. The van der Waals surface area contributed by atoms with Gasteiger partial charge in [-0.1, -0.05) is 19.8 Å². The molecule has 1 saturated carbocycles. The number of urea groups is 1. The van der Waals surface area contributed by atoms with Crippen molar-refractivity contribution >= 4 is 17.8 Å². The highest BCUT2D eigenvalue weighted by Crippen LogP contribution is 2.38. The molecule has 3 fully saturated rings. The van der Waals surface area contributed by atoms with E-state index in [9.17, 15) is 14.4 Å². The zero-order valence-corrected chi connectivity index (χ0v) is 13.6. The lowest BCUT2D eigenvalue weighted by Gasteiger charge is -2.36. The fourth-order valence-electron chi connectivity index (χ4n) is 3.87. The summed E-state index contributed by atoms with van der Waals surface area (Å²) in [5.41, 5.74) is -0.801. The van der Waals surface area contributed by atoms with Gasteiger partial charge in [0.25, 0.3) is 5.91 Å². The Morgan fingerprint density at radius 1 is 1.35 bits per heavy atom. The quantitative estimate of drug-likeness (QED) is 0.749. The molecule has 7 nitrogen and oxygen atoms in total. The Morgan fingerprint density at radius 3 is 2.87 bits per heavy atom. The second-order valence-corrected chi connectivity index (χ2v) is 6.88. The summed E-state index contributed by atoms with van der Waals surface area (Å²) in [7, 11) is 0. The van der Waals surface area contributed by atoms with Crippen LogP contribution in [0.25, 0.3) is 0 Å². The molecular weight excluding hydrogens is 298 g/mol. The first-order valence-electron chi connectivity index (χ1n) is 8.55. The normalized spacial score (nSPS) is 34.0. The van der Waals surface area contributed by atoms with E-state index in [1.165, 1.54) is 0 Å². The summed E-state index contributed by atoms with van der Waals surface area (Å²) in [4.78, 5) is 38.0. The molecule has 0 aromatic rings. The smallest absolute Gasteiger partial charge is 0.325 e. The van der Waals surface area contributed by atoms with Crippen molar-refractivity contribution in [2.24, 2.45) is 5.92 Å². The van der Waals surface area contributed by atoms with Crippen LogP contribution in [0.3, 0.4) is 0 Å². The average molecular weight is 323 g/mol. The number of hydrogen-bond donors (Lipinski definition) is 2. The average Bonchev–Trinajstić information content (AvgIpc) is 3.12. The molecule has 2 saturated heterocycles. The van der Waals surface area contributed by atoms with Crippen molar-refractivity contribution in [2.75, 3.05) is 19.7 Å². The topological polar surface area (TPSA) is 87.7 Å². The second kappa shape index (κ2) is 6.47. The summed E-state index contributed by atoms with van der Waals surface area (Å²) in [5, 5.41) is 5.61. The highest BCUT2D eigenvalue weighted by atomic mass is 16.5. The van der Waals surface area contributed by atoms with E-state index in [1.54, 1.807) is 0 Å². The SMILES string of the molecule is C[C@@H]1CCCC[C@@]12NC(=O)N(CC(=O)NC[C@@H]1CCCO1)C2=O. The number of amides is 4. The van der Waals surface area contributed by atoms with E-state index in [1.807, 2.05) is 6.92 Å². The molecule has 4 amide bonds. The first-order valence-corrected chi connectivity index (χ1v) is 8.55. The number of carbonyl (C=O) groups is 3. The van der Waals surface area contributed by atoms with Gasteiger partial charge in [-0.2, -0.15) is 0 Å². The third-order valence-electron chi connectivity index (χ3n) is 5.35. The summed E-state index contributed by atoms with van der Waals surface area (Å²) >= 11 is 0. The predicted molar refractivity (Wildman–Crippen MR) is 82.6 cm³/mol. The lowest BCUT2D eigenvalue weighted by molar-refractivity contribution is -0.137. The van der Waals surface area contributed by atoms with Crippen molar-refractivity contribution in [3.05, 3.63) is 0 Å². The molecule has 2 N–H and O–H groups in total. The van der Waals surface area contributed by atoms with Crippen LogP contribution in [0, 0.1) is 5.92 Å². The van der Waals surface area contributed by atoms with Crippen molar-refractivity contribution in [1.29, 1.82) is 0 Å². The summed E-state index contributed by atoms with van der Waals surface area (Å²) in [5.74, 6) is -0.459. The van der Waals surface area contributed by atoms with Gasteiger partial charge in [0, 0.05) is 13.2 Å². The molecule has 3 rings (SSSR count). The van der Waals surface area contributed by atoms with Crippen molar-refractivity contribution in [3.8, 4) is 0 Å². The molecule has 2 aliphatic heterocycles. The third-order valence-corrected chi connectivity index (χ3v) is 5.35. The highest BCUT2D eigenvalue weighted by Gasteiger charge is 2.55. The van der Waals surface area contributed by atoms with E-state index < -0.39 is 11.6 Å². The summed E-state index contributed by atoms with van der Waals surface area (Å²) < 4.78 is 5.45. The van der Waals surface area contributed by atoms with Crippen LogP contribution in [0.15, 0.2) is 0 Å². The van der Waals surface area contributed by atoms with Crippen molar-refractivity contribution < 1.29 is 19.1 Å². The van der Waals surface area contributed by atoms with E-state index in [0.29, 0.717) is 13.0 Å².